The highest BCUT2D eigenvalue weighted by Crippen LogP contribution is 2.37. The number of aromatic nitrogens is 1. The minimum atomic E-state index is -0.399. The number of ether oxygens (including phenoxy) is 3. The quantitative estimate of drug-likeness (QED) is 0.860. The summed E-state index contributed by atoms with van der Waals surface area (Å²) in [6, 6.07) is 3.44. The van der Waals surface area contributed by atoms with Gasteiger partial charge in [-0.1, -0.05) is 12.5 Å². The van der Waals surface area contributed by atoms with Gasteiger partial charge in [-0.05, 0) is 18.9 Å². The Kier molecular flexibility index (Phi) is 5.52. The normalized spacial score (nSPS) is 22.3. The number of hydrogen-bond acceptors (Lipinski definition) is 5. The van der Waals surface area contributed by atoms with E-state index in [9.17, 15) is 4.79 Å². The van der Waals surface area contributed by atoms with E-state index in [2.05, 4.69) is 15.6 Å². The molecule has 1 aliphatic carbocycles. The van der Waals surface area contributed by atoms with Crippen LogP contribution in [0.1, 0.15) is 37.7 Å². The third-order valence-corrected chi connectivity index (χ3v) is 4.50. The van der Waals surface area contributed by atoms with Gasteiger partial charge in [0.15, 0.2) is 5.79 Å². The molecule has 7 heteroatoms. The molecule has 7 nitrogen and oxygen atoms in total. The van der Waals surface area contributed by atoms with Crippen LogP contribution >= 0.6 is 0 Å². The van der Waals surface area contributed by atoms with E-state index in [1.807, 2.05) is 12.1 Å². The lowest BCUT2D eigenvalue weighted by molar-refractivity contribution is -0.186. The van der Waals surface area contributed by atoms with E-state index in [0.717, 1.165) is 31.2 Å². The fourth-order valence-corrected chi connectivity index (χ4v) is 3.26. The number of rotatable bonds is 5. The molecule has 2 fully saturated rings. The Bertz CT molecular complexity index is 561. The molecule has 1 saturated carbocycles. The summed E-state index contributed by atoms with van der Waals surface area (Å²) >= 11 is 0. The van der Waals surface area contributed by atoms with E-state index in [1.165, 1.54) is 6.42 Å². The maximum atomic E-state index is 12.0. The van der Waals surface area contributed by atoms with E-state index in [0.29, 0.717) is 25.6 Å². The van der Waals surface area contributed by atoms with Crippen molar-refractivity contribution < 1.29 is 19.0 Å². The largest absolute Gasteiger partial charge is 0.481 e. The number of hydrogen-bond donors (Lipinski definition) is 2. The molecule has 3 rings (SSSR count). The van der Waals surface area contributed by atoms with Gasteiger partial charge in [-0.3, -0.25) is 0 Å². The minimum Gasteiger partial charge on any atom is -0.481 e. The molecule has 1 aliphatic heterocycles. The molecule has 0 bridgehead atoms. The summed E-state index contributed by atoms with van der Waals surface area (Å²) in [5.41, 5.74) is 0.830. The molecule has 2 heterocycles. The molecule has 2 N–H and O–H groups in total. The highest BCUT2D eigenvalue weighted by Gasteiger charge is 2.42. The molecule has 1 atom stereocenters. The average molecular weight is 335 g/mol. The van der Waals surface area contributed by atoms with Crippen molar-refractivity contribution in [1.82, 2.24) is 15.6 Å². The molecular weight excluding hydrogens is 310 g/mol. The van der Waals surface area contributed by atoms with Crippen LogP contribution in [0, 0.1) is 0 Å². The highest BCUT2D eigenvalue weighted by molar-refractivity contribution is 5.73. The lowest BCUT2D eigenvalue weighted by atomic mass is 9.94. The summed E-state index contributed by atoms with van der Waals surface area (Å²) < 4.78 is 17.1. The maximum absolute atomic E-state index is 12.0. The second-order valence-corrected chi connectivity index (χ2v) is 6.26. The highest BCUT2D eigenvalue weighted by atomic mass is 16.7. The molecule has 0 aromatic carbocycles. The lowest BCUT2D eigenvalue weighted by Crippen LogP contribution is -2.41. The maximum Gasteiger partial charge on any atom is 0.315 e. The van der Waals surface area contributed by atoms with Crippen molar-refractivity contribution in [3.8, 4) is 5.88 Å². The van der Waals surface area contributed by atoms with Gasteiger partial charge >= 0.3 is 6.03 Å². The van der Waals surface area contributed by atoms with Crippen LogP contribution in [0.5, 0.6) is 5.88 Å². The summed E-state index contributed by atoms with van der Waals surface area (Å²) in [6.45, 7) is 1.34. The van der Waals surface area contributed by atoms with Gasteiger partial charge in [-0.2, -0.15) is 0 Å². The smallest absolute Gasteiger partial charge is 0.315 e. The van der Waals surface area contributed by atoms with E-state index in [-0.39, 0.29) is 12.1 Å². The second-order valence-electron chi connectivity index (χ2n) is 6.26. The Morgan fingerprint density at radius 3 is 3.00 bits per heavy atom. The molecular formula is C17H25N3O4. The lowest BCUT2D eigenvalue weighted by Gasteiger charge is -2.31. The van der Waals surface area contributed by atoms with Crippen LogP contribution in [0.15, 0.2) is 18.3 Å². The molecule has 1 aromatic heterocycles. The average Bonchev–Trinajstić information content (AvgIpc) is 3.01. The predicted octanol–water partition coefficient (Wildman–Crippen LogP) is 1.97. The number of urea groups is 1. The van der Waals surface area contributed by atoms with E-state index >= 15 is 0 Å². The monoisotopic (exact) mass is 335 g/mol. The molecule has 132 valence electrons. The topological polar surface area (TPSA) is 81.7 Å². The molecule has 24 heavy (non-hydrogen) atoms. The van der Waals surface area contributed by atoms with Gasteiger partial charge in [-0.15, -0.1) is 0 Å². The molecule has 1 aromatic rings. The van der Waals surface area contributed by atoms with Gasteiger partial charge in [-0.25, -0.2) is 9.78 Å². The zero-order valence-corrected chi connectivity index (χ0v) is 14.0. The van der Waals surface area contributed by atoms with Crippen molar-refractivity contribution in [2.45, 2.75) is 50.5 Å². The summed E-state index contributed by atoms with van der Waals surface area (Å²) in [7, 11) is 1.56. The van der Waals surface area contributed by atoms with Crippen LogP contribution in [0.3, 0.4) is 0 Å². The zero-order valence-electron chi connectivity index (χ0n) is 14.0. The summed E-state index contributed by atoms with van der Waals surface area (Å²) in [5.74, 6) is 0.119. The SMILES string of the molecule is COc1ncccc1CNC(=O)NCC1COC2(CCCCC2)O1. The Hall–Kier alpha value is -1.86. The summed E-state index contributed by atoms with van der Waals surface area (Å²) in [5, 5.41) is 5.64. The molecule has 2 amide bonds. The van der Waals surface area contributed by atoms with E-state index < -0.39 is 5.79 Å². The first kappa shape index (κ1) is 17.0. The number of carbonyl (C=O) groups excluding carboxylic acids is 1. The van der Waals surface area contributed by atoms with Crippen LogP contribution in [-0.2, 0) is 16.0 Å². The first-order chi connectivity index (χ1) is 11.7. The number of nitrogens with one attached hydrogen (secondary N) is 2. The van der Waals surface area contributed by atoms with Crippen molar-refractivity contribution in [1.29, 1.82) is 0 Å². The van der Waals surface area contributed by atoms with Gasteiger partial charge < -0.3 is 24.8 Å². The molecule has 1 spiro atoms. The van der Waals surface area contributed by atoms with Crippen molar-refractivity contribution in [2.24, 2.45) is 0 Å². The fraction of sp³-hybridized carbons (Fsp3) is 0.647. The second kappa shape index (κ2) is 7.81. The minimum absolute atomic E-state index is 0.0817. The van der Waals surface area contributed by atoms with E-state index in [1.54, 1.807) is 13.3 Å². The van der Waals surface area contributed by atoms with Crippen molar-refractivity contribution in [3.05, 3.63) is 23.9 Å². The fourth-order valence-electron chi connectivity index (χ4n) is 3.26. The van der Waals surface area contributed by atoms with Crippen molar-refractivity contribution in [2.75, 3.05) is 20.3 Å². The molecule has 1 saturated heterocycles. The van der Waals surface area contributed by atoms with E-state index in [4.69, 9.17) is 14.2 Å². The first-order valence-electron chi connectivity index (χ1n) is 8.52. The van der Waals surface area contributed by atoms with Gasteiger partial charge in [0.1, 0.15) is 6.10 Å². The van der Waals surface area contributed by atoms with Crippen molar-refractivity contribution in [3.63, 3.8) is 0 Å². The van der Waals surface area contributed by atoms with Gasteiger partial charge in [0.2, 0.25) is 5.88 Å². The molecule has 0 radical (unpaired) electrons. The van der Waals surface area contributed by atoms with Gasteiger partial charge in [0, 0.05) is 37.7 Å². The Morgan fingerprint density at radius 2 is 2.21 bits per heavy atom. The van der Waals surface area contributed by atoms with Crippen LogP contribution in [-0.4, -0.2) is 43.2 Å². The predicted molar refractivity (Wildman–Crippen MR) is 87.7 cm³/mol. The van der Waals surface area contributed by atoms with Crippen LogP contribution in [0.4, 0.5) is 4.79 Å². The summed E-state index contributed by atoms with van der Waals surface area (Å²) in [6.07, 6.45) is 7.02. The van der Waals surface area contributed by atoms with Crippen LogP contribution < -0.4 is 15.4 Å². The van der Waals surface area contributed by atoms with Crippen LogP contribution in [0.2, 0.25) is 0 Å². The molecule has 1 unspecified atom stereocenters. The number of methoxy groups -OCH3 is 1. The van der Waals surface area contributed by atoms with Crippen LogP contribution in [0.25, 0.3) is 0 Å². The number of pyridine rings is 1. The van der Waals surface area contributed by atoms with Gasteiger partial charge in [0.25, 0.3) is 0 Å². The standard InChI is InChI=1S/C17H25N3O4/c1-22-15-13(6-5-9-18-15)10-19-16(21)20-11-14-12-23-17(24-14)7-3-2-4-8-17/h5-6,9,14H,2-4,7-8,10-12H2,1H3,(H2,19,20,21). The number of amides is 2. The Balaban J connectivity index is 1.40. The third kappa shape index (κ3) is 4.15. The Morgan fingerprint density at radius 1 is 1.38 bits per heavy atom. The number of carbonyl (C=O) groups is 1. The Labute approximate surface area is 142 Å². The zero-order chi connectivity index (χ0) is 16.8. The molecule has 2 aliphatic rings. The van der Waals surface area contributed by atoms with Crippen molar-refractivity contribution >= 4 is 6.03 Å². The number of nitrogens with zero attached hydrogens (tertiary/aromatic N) is 1. The third-order valence-electron chi connectivity index (χ3n) is 4.50. The first-order valence-corrected chi connectivity index (χ1v) is 8.52. The summed E-state index contributed by atoms with van der Waals surface area (Å²) in [4.78, 5) is 16.1. The van der Waals surface area contributed by atoms with Gasteiger partial charge in [0.05, 0.1) is 13.7 Å².